The monoisotopic (exact) mass is 327 g/mol. The van der Waals surface area contributed by atoms with Crippen molar-refractivity contribution in [1.29, 1.82) is 0 Å². The molecule has 1 aromatic carbocycles. The summed E-state index contributed by atoms with van der Waals surface area (Å²) in [4.78, 5) is 12.6. The van der Waals surface area contributed by atoms with E-state index in [1.165, 1.54) is 0 Å². The topological polar surface area (TPSA) is 92.8 Å². The van der Waals surface area contributed by atoms with Crippen molar-refractivity contribution in [2.75, 3.05) is 0 Å². The molecule has 1 amide bonds. The standard InChI is InChI=1S/C17H21N5O2/c23-16(17(10-11-17)24-14-4-2-1-3-5-14)18-13-8-6-12(7-9-13)15-19-21-22-20-15/h1-5,12-13H,6-11H2,(H,18,23)(H,19,20,21,22). The van der Waals surface area contributed by atoms with Crippen molar-refractivity contribution in [2.24, 2.45) is 0 Å². The van der Waals surface area contributed by atoms with Gasteiger partial charge in [0, 0.05) is 24.8 Å². The van der Waals surface area contributed by atoms with Crippen molar-refractivity contribution in [3.05, 3.63) is 36.2 Å². The fraction of sp³-hybridized carbons (Fsp3) is 0.529. The molecule has 0 saturated heterocycles. The van der Waals surface area contributed by atoms with Crippen molar-refractivity contribution in [1.82, 2.24) is 25.9 Å². The lowest BCUT2D eigenvalue weighted by atomic mass is 9.85. The van der Waals surface area contributed by atoms with Crippen LogP contribution in [0, 0.1) is 0 Å². The molecule has 4 rings (SSSR count). The first kappa shape index (κ1) is 15.1. The molecule has 1 heterocycles. The largest absolute Gasteiger partial charge is 0.477 e. The highest BCUT2D eigenvalue weighted by Crippen LogP contribution is 2.41. The Morgan fingerprint density at radius 1 is 1.17 bits per heavy atom. The van der Waals surface area contributed by atoms with E-state index >= 15 is 0 Å². The zero-order valence-corrected chi connectivity index (χ0v) is 13.4. The van der Waals surface area contributed by atoms with Crippen LogP contribution in [-0.4, -0.2) is 38.2 Å². The summed E-state index contributed by atoms with van der Waals surface area (Å²) in [5.41, 5.74) is -0.661. The Balaban J connectivity index is 1.31. The maximum absolute atomic E-state index is 12.6. The Labute approximate surface area is 140 Å². The molecule has 0 bridgehead atoms. The van der Waals surface area contributed by atoms with E-state index in [1.807, 2.05) is 30.3 Å². The number of carbonyl (C=O) groups is 1. The molecule has 2 N–H and O–H groups in total. The van der Waals surface area contributed by atoms with Gasteiger partial charge in [0.05, 0.1) is 0 Å². The number of ether oxygens (including phenoxy) is 1. The summed E-state index contributed by atoms with van der Waals surface area (Å²) in [6, 6.07) is 9.77. The normalized spacial score (nSPS) is 25.0. The van der Waals surface area contributed by atoms with Crippen LogP contribution in [0.3, 0.4) is 0 Å². The van der Waals surface area contributed by atoms with Gasteiger partial charge in [-0.25, -0.2) is 0 Å². The summed E-state index contributed by atoms with van der Waals surface area (Å²) in [6.45, 7) is 0. The first-order valence-electron chi connectivity index (χ1n) is 8.53. The SMILES string of the molecule is O=C(NC1CCC(c2nn[nH]n2)CC1)C1(Oc2ccccc2)CC1. The van der Waals surface area contributed by atoms with E-state index < -0.39 is 5.60 Å². The molecule has 7 nitrogen and oxygen atoms in total. The third kappa shape index (κ3) is 3.11. The Morgan fingerprint density at radius 3 is 2.54 bits per heavy atom. The number of aromatic amines is 1. The van der Waals surface area contributed by atoms with Gasteiger partial charge in [-0.05, 0) is 37.8 Å². The number of tetrazole rings is 1. The molecule has 0 spiro atoms. The van der Waals surface area contributed by atoms with E-state index in [0.717, 1.165) is 50.1 Å². The van der Waals surface area contributed by atoms with E-state index in [9.17, 15) is 4.79 Å². The molecule has 126 valence electrons. The highest BCUT2D eigenvalue weighted by Gasteiger charge is 2.53. The van der Waals surface area contributed by atoms with Crippen molar-refractivity contribution >= 4 is 5.91 Å². The van der Waals surface area contributed by atoms with Gasteiger partial charge in [-0.3, -0.25) is 4.79 Å². The Bertz CT molecular complexity index is 676. The van der Waals surface area contributed by atoms with Crippen LogP contribution < -0.4 is 10.1 Å². The number of hydrogen-bond donors (Lipinski definition) is 2. The van der Waals surface area contributed by atoms with Gasteiger partial charge < -0.3 is 10.1 Å². The lowest BCUT2D eigenvalue weighted by Crippen LogP contribution is -2.46. The smallest absolute Gasteiger partial charge is 0.264 e. The van der Waals surface area contributed by atoms with Gasteiger partial charge in [0.25, 0.3) is 5.91 Å². The number of amides is 1. The minimum absolute atomic E-state index is 0.0226. The Hall–Kier alpha value is -2.44. The van der Waals surface area contributed by atoms with Gasteiger partial charge in [0.15, 0.2) is 11.4 Å². The molecule has 2 saturated carbocycles. The van der Waals surface area contributed by atoms with Gasteiger partial charge in [0.1, 0.15) is 5.75 Å². The second kappa shape index (κ2) is 6.22. The molecule has 2 aliphatic carbocycles. The predicted molar refractivity (Wildman–Crippen MR) is 86.4 cm³/mol. The molecule has 0 unspecified atom stereocenters. The minimum Gasteiger partial charge on any atom is -0.477 e. The average molecular weight is 327 g/mol. The van der Waals surface area contributed by atoms with E-state index in [1.54, 1.807) is 0 Å². The summed E-state index contributed by atoms with van der Waals surface area (Å²) in [5.74, 6) is 1.90. The number of hydrogen-bond acceptors (Lipinski definition) is 5. The van der Waals surface area contributed by atoms with Crippen LogP contribution in [0.4, 0.5) is 0 Å². The van der Waals surface area contributed by atoms with Gasteiger partial charge in [-0.1, -0.05) is 23.4 Å². The number of aromatic nitrogens is 4. The summed E-state index contributed by atoms with van der Waals surface area (Å²) in [6.07, 6.45) is 5.38. The van der Waals surface area contributed by atoms with Crippen LogP contribution in [0.1, 0.15) is 50.3 Å². The Kier molecular flexibility index (Phi) is 3.92. The van der Waals surface area contributed by atoms with Gasteiger partial charge in [0.2, 0.25) is 0 Å². The van der Waals surface area contributed by atoms with Gasteiger partial charge in [-0.15, -0.1) is 10.2 Å². The molecule has 1 aromatic heterocycles. The highest BCUT2D eigenvalue weighted by molar-refractivity contribution is 5.88. The van der Waals surface area contributed by atoms with Crippen LogP contribution in [0.25, 0.3) is 0 Å². The number of H-pyrrole nitrogens is 1. The number of nitrogens with zero attached hydrogens (tertiary/aromatic N) is 3. The second-order valence-corrected chi connectivity index (χ2v) is 6.70. The summed E-state index contributed by atoms with van der Waals surface area (Å²) in [7, 11) is 0. The van der Waals surface area contributed by atoms with Crippen molar-refractivity contribution in [3.8, 4) is 5.75 Å². The lowest BCUT2D eigenvalue weighted by molar-refractivity contribution is -0.130. The van der Waals surface area contributed by atoms with Crippen LogP contribution in [0.5, 0.6) is 5.75 Å². The number of rotatable bonds is 5. The highest BCUT2D eigenvalue weighted by atomic mass is 16.5. The maximum atomic E-state index is 12.6. The molecule has 2 aromatic rings. The fourth-order valence-corrected chi connectivity index (χ4v) is 3.36. The van der Waals surface area contributed by atoms with Gasteiger partial charge in [-0.2, -0.15) is 5.21 Å². The van der Waals surface area contributed by atoms with Crippen molar-refractivity contribution in [2.45, 2.75) is 56.1 Å². The molecule has 0 atom stereocenters. The van der Waals surface area contributed by atoms with Crippen LogP contribution in [0.15, 0.2) is 30.3 Å². The fourth-order valence-electron chi connectivity index (χ4n) is 3.36. The number of para-hydroxylation sites is 1. The quantitative estimate of drug-likeness (QED) is 0.875. The average Bonchev–Trinajstić information content (AvgIpc) is 3.19. The van der Waals surface area contributed by atoms with Crippen LogP contribution in [-0.2, 0) is 4.79 Å². The van der Waals surface area contributed by atoms with Gasteiger partial charge >= 0.3 is 0 Å². The first-order valence-corrected chi connectivity index (χ1v) is 8.53. The molecule has 0 aliphatic heterocycles. The third-order valence-electron chi connectivity index (χ3n) is 4.96. The predicted octanol–water partition coefficient (Wildman–Crippen LogP) is 1.95. The van der Waals surface area contributed by atoms with Crippen LogP contribution in [0.2, 0.25) is 0 Å². The second-order valence-electron chi connectivity index (χ2n) is 6.70. The summed E-state index contributed by atoms with van der Waals surface area (Å²) in [5, 5.41) is 17.4. The summed E-state index contributed by atoms with van der Waals surface area (Å²) >= 11 is 0. The number of benzene rings is 1. The molecular formula is C17H21N5O2. The first-order chi connectivity index (χ1) is 11.8. The molecule has 7 heteroatoms. The lowest BCUT2D eigenvalue weighted by Gasteiger charge is -2.29. The maximum Gasteiger partial charge on any atom is 0.264 e. The van der Waals surface area contributed by atoms with E-state index in [4.69, 9.17) is 4.74 Å². The molecule has 2 aliphatic rings. The minimum atomic E-state index is -0.661. The van der Waals surface area contributed by atoms with E-state index in [0.29, 0.717) is 5.92 Å². The molecule has 24 heavy (non-hydrogen) atoms. The third-order valence-corrected chi connectivity index (χ3v) is 4.96. The number of carbonyl (C=O) groups excluding carboxylic acids is 1. The molecule has 2 fully saturated rings. The number of nitrogens with one attached hydrogen (secondary N) is 2. The van der Waals surface area contributed by atoms with Crippen molar-refractivity contribution in [3.63, 3.8) is 0 Å². The zero-order valence-electron chi connectivity index (χ0n) is 13.4. The zero-order chi connectivity index (χ0) is 16.4. The van der Waals surface area contributed by atoms with Crippen LogP contribution >= 0.6 is 0 Å². The molecular weight excluding hydrogens is 306 g/mol. The molecule has 0 radical (unpaired) electrons. The Morgan fingerprint density at radius 2 is 1.92 bits per heavy atom. The van der Waals surface area contributed by atoms with Crippen molar-refractivity contribution < 1.29 is 9.53 Å². The van der Waals surface area contributed by atoms with E-state index in [-0.39, 0.29) is 11.9 Å². The van der Waals surface area contributed by atoms with E-state index in [2.05, 4.69) is 25.9 Å². The summed E-state index contributed by atoms with van der Waals surface area (Å²) < 4.78 is 5.95.